The lowest BCUT2D eigenvalue weighted by molar-refractivity contribution is -0.636. The Hall–Kier alpha value is -2.06. The van der Waals surface area contributed by atoms with Gasteiger partial charge in [0.2, 0.25) is 0 Å². The van der Waals surface area contributed by atoms with Crippen LogP contribution in [0.15, 0.2) is 63.8 Å². The smallest absolute Gasteiger partial charge is 0.445 e. The number of hydrogen-bond acceptors (Lipinski definition) is 2. The Morgan fingerprint density at radius 2 is 1.10 bits per heavy atom. The molecule has 3 aromatic rings. The molecule has 0 amide bonds. The van der Waals surface area contributed by atoms with Crippen LogP contribution in [0.3, 0.4) is 0 Å². The largest absolute Gasteiger partial charge is 0.509 e. The number of benzene rings is 1. The highest BCUT2D eigenvalue weighted by molar-refractivity contribution is 6.73. The van der Waals surface area contributed by atoms with Crippen LogP contribution in [0.1, 0.15) is 11.1 Å². The van der Waals surface area contributed by atoms with Crippen molar-refractivity contribution in [3.05, 3.63) is 73.7 Å². The van der Waals surface area contributed by atoms with Gasteiger partial charge in [-0.1, -0.05) is 12.1 Å². The number of alkyl halides is 6. The Morgan fingerprint density at radius 1 is 0.690 bits per heavy atom. The van der Waals surface area contributed by atoms with Gasteiger partial charge in [0.1, 0.15) is 0 Å². The van der Waals surface area contributed by atoms with Crippen molar-refractivity contribution >= 4 is 12.4 Å². The molecule has 2 aromatic heterocycles. The van der Waals surface area contributed by atoms with Crippen molar-refractivity contribution in [2.45, 2.75) is 12.4 Å². The SMILES string of the molecule is F[B-](F)(F)c1cc(C(F)(F)F)cc(C(F)(F)F)c1.c1coc([I+]c2ccco2)c1. The summed E-state index contributed by atoms with van der Waals surface area (Å²) >= 11 is -0.229. The molecule has 0 N–H and O–H groups in total. The van der Waals surface area contributed by atoms with Crippen molar-refractivity contribution in [2.75, 3.05) is 0 Å². The summed E-state index contributed by atoms with van der Waals surface area (Å²) in [6.45, 7) is -5.95. The topological polar surface area (TPSA) is 26.3 Å². The fourth-order valence-electron chi connectivity index (χ4n) is 1.88. The Bertz CT molecular complexity index is 787. The molecule has 0 saturated carbocycles. The van der Waals surface area contributed by atoms with E-state index in [2.05, 4.69) is 0 Å². The number of furan rings is 2. The van der Waals surface area contributed by atoms with E-state index < -0.39 is 35.9 Å². The maximum absolute atomic E-state index is 12.3. The lowest BCUT2D eigenvalue weighted by Crippen LogP contribution is -3.61. The summed E-state index contributed by atoms with van der Waals surface area (Å²) < 4.78 is 122. The van der Waals surface area contributed by atoms with Gasteiger partial charge in [0, 0.05) is 12.1 Å². The van der Waals surface area contributed by atoms with E-state index >= 15 is 0 Å². The van der Waals surface area contributed by atoms with Crippen LogP contribution < -0.4 is 26.7 Å². The highest BCUT2D eigenvalue weighted by Gasteiger charge is 2.39. The van der Waals surface area contributed by atoms with Gasteiger partial charge in [-0.05, 0) is 18.2 Å². The number of hydrogen-bond donors (Lipinski definition) is 0. The molecule has 3 rings (SSSR count). The summed E-state index contributed by atoms with van der Waals surface area (Å²) in [5, 5.41) is 0. The molecule has 0 aliphatic rings. The molecule has 0 bridgehead atoms. The van der Waals surface area contributed by atoms with Crippen molar-refractivity contribution in [1.29, 1.82) is 0 Å². The molecule has 13 heteroatoms. The molecule has 0 unspecified atom stereocenters. The molecular formula is C16H9BF9IO2. The van der Waals surface area contributed by atoms with Crippen molar-refractivity contribution in [1.82, 2.24) is 0 Å². The quantitative estimate of drug-likeness (QED) is 0.290. The fraction of sp³-hybridized carbons (Fsp3) is 0.125. The molecule has 0 atom stereocenters. The fourth-order valence-corrected chi connectivity index (χ4v) is 3.73. The number of halogens is 10. The lowest BCUT2D eigenvalue weighted by Gasteiger charge is -2.19. The summed E-state index contributed by atoms with van der Waals surface area (Å²) in [4.78, 5) is 0. The molecule has 0 radical (unpaired) electrons. The van der Waals surface area contributed by atoms with E-state index in [4.69, 9.17) is 8.83 Å². The molecular weight excluding hydrogens is 533 g/mol. The Morgan fingerprint density at radius 3 is 1.38 bits per heavy atom. The average Bonchev–Trinajstić information content (AvgIpc) is 3.27. The summed E-state index contributed by atoms with van der Waals surface area (Å²) in [6.07, 6.45) is -7.18. The Kier molecular flexibility index (Phi) is 7.01. The standard InChI is InChI=1S/C8H3BF9.C8H6IO2/c10-7(11,12)4-1-5(8(13,14)15)3-6(2-4)9(16,17)18;1-3-7(10-5-1)9-8-4-2-6-11-8/h1-3H;1-6H/q-1;+1. The minimum absolute atomic E-state index is 0.229. The van der Waals surface area contributed by atoms with Gasteiger partial charge < -0.3 is 21.8 Å². The maximum atomic E-state index is 12.3. The second kappa shape index (κ2) is 8.75. The second-order valence-electron chi connectivity index (χ2n) is 5.34. The van der Waals surface area contributed by atoms with Crippen LogP contribution in [-0.4, -0.2) is 6.98 Å². The van der Waals surface area contributed by atoms with Gasteiger partial charge in [-0.25, -0.2) is 0 Å². The van der Waals surface area contributed by atoms with Crippen molar-refractivity contribution in [3.8, 4) is 0 Å². The van der Waals surface area contributed by atoms with Gasteiger partial charge in [-0.2, -0.15) is 26.3 Å². The summed E-state index contributed by atoms with van der Waals surface area (Å²) in [7, 11) is 0. The third-order valence-electron chi connectivity index (χ3n) is 3.15. The first kappa shape index (κ1) is 23.2. The molecule has 0 aliphatic heterocycles. The van der Waals surface area contributed by atoms with Gasteiger partial charge in [-0.3, -0.25) is 0 Å². The zero-order valence-electron chi connectivity index (χ0n) is 13.9. The molecule has 2 heterocycles. The second-order valence-corrected chi connectivity index (χ2v) is 8.01. The van der Waals surface area contributed by atoms with Crippen LogP contribution in [0.25, 0.3) is 0 Å². The van der Waals surface area contributed by atoms with Gasteiger partial charge in [0.15, 0.2) is 0 Å². The molecule has 0 saturated heterocycles. The highest BCUT2D eigenvalue weighted by Crippen LogP contribution is 2.35. The summed E-state index contributed by atoms with van der Waals surface area (Å²) in [5.74, 6) is 0. The molecule has 1 aromatic carbocycles. The van der Waals surface area contributed by atoms with Crippen molar-refractivity contribution in [2.24, 2.45) is 0 Å². The molecule has 0 spiro atoms. The molecule has 158 valence electrons. The van der Waals surface area contributed by atoms with Gasteiger partial charge in [-0.15, -0.1) is 5.46 Å². The van der Waals surface area contributed by atoms with E-state index in [1.165, 1.54) is 0 Å². The lowest BCUT2D eigenvalue weighted by atomic mass is 9.78. The zero-order chi connectivity index (χ0) is 21.9. The Labute approximate surface area is 168 Å². The maximum Gasteiger partial charge on any atom is 0.509 e. The van der Waals surface area contributed by atoms with E-state index in [0.717, 1.165) is 7.53 Å². The van der Waals surface area contributed by atoms with Crippen LogP contribution >= 0.6 is 0 Å². The molecule has 2 nitrogen and oxygen atoms in total. The van der Waals surface area contributed by atoms with Crippen LogP contribution in [0.2, 0.25) is 0 Å². The third kappa shape index (κ3) is 7.05. The van der Waals surface area contributed by atoms with E-state index in [-0.39, 0.29) is 39.4 Å². The number of rotatable bonds is 3. The van der Waals surface area contributed by atoms with Crippen molar-refractivity contribution in [3.63, 3.8) is 0 Å². The van der Waals surface area contributed by atoms with Gasteiger partial charge in [0.25, 0.3) is 0 Å². The normalized spacial score (nSPS) is 12.4. The monoisotopic (exact) mass is 542 g/mol. The summed E-state index contributed by atoms with van der Waals surface area (Å²) in [5.41, 5.74) is -5.89. The third-order valence-corrected chi connectivity index (χ3v) is 5.44. The minimum atomic E-state index is -5.95. The van der Waals surface area contributed by atoms with Crippen LogP contribution in [0, 0.1) is 7.53 Å². The first-order valence-electron chi connectivity index (χ1n) is 7.48. The molecule has 0 fully saturated rings. The van der Waals surface area contributed by atoms with Crippen LogP contribution in [0.4, 0.5) is 39.3 Å². The average molecular weight is 542 g/mol. The molecule has 0 aliphatic carbocycles. The molecule has 29 heavy (non-hydrogen) atoms. The predicted octanol–water partition coefficient (Wildman–Crippen LogP) is 2.78. The van der Waals surface area contributed by atoms with E-state index in [1.807, 2.05) is 24.3 Å². The van der Waals surface area contributed by atoms with E-state index in [9.17, 15) is 39.3 Å². The first-order chi connectivity index (χ1) is 13.3. The summed E-state index contributed by atoms with van der Waals surface area (Å²) in [6, 6.07) is 6.73. The minimum Gasteiger partial charge on any atom is -0.445 e. The zero-order valence-corrected chi connectivity index (χ0v) is 16.0. The Balaban J connectivity index is 0.000000230. The highest BCUT2D eigenvalue weighted by atomic mass is 127. The van der Waals surface area contributed by atoms with Gasteiger partial charge in [0.05, 0.1) is 23.7 Å². The van der Waals surface area contributed by atoms with Crippen molar-refractivity contribution < 1.29 is 69.3 Å². The van der Waals surface area contributed by atoms with Crippen LogP contribution in [-0.2, 0) is 12.4 Å². The van der Waals surface area contributed by atoms with Gasteiger partial charge >= 0.3 is 48.1 Å². The van der Waals surface area contributed by atoms with E-state index in [0.29, 0.717) is 0 Å². The van der Waals surface area contributed by atoms with E-state index in [1.54, 1.807) is 12.5 Å². The predicted molar refractivity (Wildman–Crippen MR) is 80.0 cm³/mol. The first-order valence-corrected chi connectivity index (χ1v) is 9.64. The van der Waals surface area contributed by atoms with Crippen LogP contribution in [0.5, 0.6) is 0 Å².